The van der Waals surface area contributed by atoms with E-state index in [1.807, 2.05) is 0 Å². The van der Waals surface area contributed by atoms with Crippen LogP contribution in [0.15, 0.2) is 12.4 Å². The summed E-state index contributed by atoms with van der Waals surface area (Å²) in [5.74, 6) is 0.521. The maximum absolute atomic E-state index is 10.7. The lowest BCUT2D eigenvalue weighted by Crippen LogP contribution is -1.98. The first-order valence-corrected chi connectivity index (χ1v) is 5.78. The molecule has 0 N–H and O–H groups in total. The number of aromatic nitrogens is 3. The molecular weight excluding hydrogens is 267 g/mol. The predicted octanol–water partition coefficient (Wildman–Crippen LogP) is 2.46. The molecule has 0 aliphatic rings. The smallest absolute Gasteiger partial charge is 0.258 e. The van der Waals surface area contributed by atoms with Gasteiger partial charge >= 0.3 is 5.69 Å². The fourth-order valence-corrected chi connectivity index (χ4v) is 1.83. The van der Waals surface area contributed by atoms with Crippen LogP contribution in [0, 0.1) is 10.1 Å². The lowest BCUT2D eigenvalue weighted by Gasteiger charge is -2.02. The topological polar surface area (TPSA) is 73.3 Å². The quantitative estimate of drug-likeness (QED) is 0.372. The third kappa shape index (κ3) is 2.32. The SMILES string of the molecule is O=[N+]([O-])c1cnn2cc(CCCCl)c(Cl)nc12. The Morgan fingerprint density at radius 1 is 1.53 bits per heavy atom. The van der Waals surface area contributed by atoms with Gasteiger partial charge in [-0.1, -0.05) is 11.6 Å². The molecule has 8 heteroatoms. The average Bonchev–Trinajstić information content (AvgIpc) is 2.68. The Hall–Kier alpha value is -1.40. The number of halogens is 2. The summed E-state index contributed by atoms with van der Waals surface area (Å²) < 4.78 is 1.35. The van der Waals surface area contributed by atoms with Crippen molar-refractivity contribution < 1.29 is 4.92 Å². The minimum absolute atomic E-state index is 0.148. The van der Waals surface area contributed by atoms with Crippen LogP contribution >= 0.6 is 23.2 Å². The summed E-state index contributed by atoms with van der Waals surface area (Å²) in [6.45, 7) is 0. The van der Waals surface area contributed by atoms with Crippen LogP contribution in [-0.4, -0.2) is 25.4 Å². The third-order valence-corrected chi connectivity index (χ3v) is 2.87. The second-order valence-corrected chi connectivity index (χ2v) is 4.14. The van der Waals surface area contributed by atoms with E-state index in [9.17, 15) is 10.1 Å². The lowest BCUT2D eigenvalue weighted by atomic mass is 10.2. The molecule has 2 heterocycles. The Morgan fingerprint density at radius 2 is 2.29 bits per heavy atom. The molecule has 0 saturated heterocycles. The third-order valence-electron chi connectivity index (χ3n) is 2.27. The van der Waals surface area contributed by atoms with Crippen LogP contribution in [0.1, 0.15) is 12.0 Å². The molecule has 0 aliphatic heterocycles. The van der Waals surface area contributed by atoms with Crippen molar-refractivity contribution in [2.75, 3.05) is 5.88 Å². The molecule has 2 aromatic rings. The van der Waals surface area contributed by atoms with Crippen LogP contribution in [0.2, 0.25) is 5.15 Å². The summed E-state index contributed by atoms with van der Waals surface area (Å²) in [5, 5.41) is 14.8. The van der Waals surface area contributed by atoms with E-state index in [0.717, 1.165) is 18.2 Å². The molecular formula is C9H8Cl2N4O2. The standard InChI is InChI=1S/C9H8Cl2N4O2/c10-3-1-2-6-5-14-9(13-8(6)11)7(4-12-14)15(16)17/h4-5H,1-3H2. The Balaban J connectivity index is 2.48. The highest BCUT2D eigenvalue weighted by Crippen LogP contribution is 2.22. The van der Waals surface area contributed by atoms with Crippen molar-refractivity contribution >= 4 is 34.5 Å². The summed E-state index contributed by atoms with van der Waals surface area (Å²) in [5.41, 5.74) is 0.767. The number of rotatable bonds is 4. The second kappa shape index (κ2) is 4.85. The molecule has 0 radical (unpaired) electrons. The van der Waals surface area contributed by atoms with E-state index in [1.165, 1.54) is 4.52 Å². The average molecular weight is 275 g/mol. The van der Waals surface area contributed by atoms with Crippen molar-refractivity contribution in [2.24, 2.45) is 0 Å². The number of hydrogen-bond donors (Lipinski definition) is 0. The molecule has 0 aliphatic carbocycles. The van der Waals surface area contributed by atoms with E-state index in [4.69, 9.17) is 23.2 Å². The van der Waals surface area contributed by atoms with E-state index in [-0.39, 0.29) is 16.5 Å². The van der Waals surface area contributed by atoms with Crippen molar-refractivity contribution in [1.82, 2.24) is 14.6 Å². The molecule has 17 heavy (non-hydrogen) atoms. The van der Waals surface area contributed by atoms with E-state index >= 15 is 0 Å². The molecule has 0 fully saturated rings. The van der Waals surface area contributed by atoms with Crippen molar-refractivity contribution in [1.29, 1.82) is 0 Å². The second-order valence-electron chi connectivity index (χ2n) is 3.40. The molecule has 0 bridgehead atoms. The zero-order valence-electron chi connectivity index (χ0n) is 8.64. The molecule has 90 valence electrons. The van der Waals surface area contributed by atoms with Gasteiger partial charge < -0.3 is 0 Å². The van der Waals surface area contributed by atoms with Gasteiger partial charge in [0.15, 0.2) is 0 Å². The highest BCUT2D eigenvalue weighted by molar-refractivity contribution is 6.30. The molecule has 0 spiro atoms. The van der Waals surface area contributed by atoms with Gasteiger partial charge in [-0.3, -0.25) is 10.1 Å². The van der Waals surface area contributed by atoms with Gasteiger partial charge in [-0.05, 0) is 12.8 Å². The van der Waals surface area contributed by atoms with Crippen molar-refractivity contribution in [3.05, 3.63) is 33.2 Å². The molecule has 0 atom stereocenters. The largest absolute Gasteiger partial charge is 0.333 e. The maximum atomic E-state index is 10.7. The summed E-state index contributed by atoms with van der Waals surface area (Å²) in [7, 11) is 0. The number of aryl methyl sites for hydroxylation is 1. The van der Waals surface area contributed by atoms with E-state index < -0.39 is 4.92 Å². The number of fused-ring (bicyclic) bond motifs is 1. The normalized spacial score (nSPS) is 10.9. The van der Waals surface area contributed by atoms with Gasteiger partial charge in [0.1, 0.15) is 11.3 Å². The van der Waals surface area contributed by atoms with Crippen LogP contribution in [0.5, 0.6) is 0 Å². The van der Waals surface area contributed by atoms with Gasteiger partial charge in [-0.15, -0.1) is 11.6 Å². The first-order chi connectivity index (χ1) is 8.13. The van der Waals surface area contributed by atoms with Gasteiger partial charge in [-0.25, -0.2) is 9.50 Å². The Kier molecular flexibility index (Phi) is 3.44. The van der Waals surface area contributed by atoms with Gasteiger partial charge in [-0.2, -0.15) is 5.10 Å². The van der Waals surface area contributed by atoms with Gasteiger partial charge in [0.2, 0.25) is 5.65 Å². The number of hydrogen-bond acceptors (Lipinski definition) is 4. The van der Waals surface area contributed by atoms with Crippen molar-refractivity contribution in [3.63, 3.8) is 0 Å². The summed E-state index contributed by atoms with van der Waals surface area (Å²) in [6, 6.07) is 0. The molecule has 0 saturated carbocycles. The number of alkyl halides is 1. The number of nitrogens with zero attached hydrogens (tertiary/aromatic N) is 4. The lowest BCUT2D eigenvalue weighted by molar-refractivity contribution is -0.383. The van der Waals surface area contributed by atoms with Crippen molar-refractivity contribution in [2.45, 2.75) is 12.8 Å². The summed E-state index contributed by atoms with van der Waals surface area (Å²) in [6.07, 6.45) is 4.23. The van der Waals surface area contributed by atoms with Gasteiger partial charge in [0.05, 0.1) is 4.92 Å². The predicted molar refractivity (Wildman–Crippen MR) is 63.7 cm³/mol. The Morgan fingerprint density at radius 3 is 2.94 bits per heavy atom. The molecule has 2 rings (SSSR count). The molecule has 2 aromatic heterocycles. The number of nitro groups is 1. The highest BCUT2D eigenvalue weighted by atomic mass is 35.5. The minimum atomic E-state index is -0.538. The molecule has 0 aromatic carbocycles. The van der Waals surface area contributed by atoms with Crippen molar-refractivity contribution in [3.8, 4) is 0 Å². The van der Waals surface area contributed by atoms with E-state index in [0.29, 0.717) is 12.3 Å². The fraction of sp³-hybridized carbons (Fsp3) is 0.333. The minimum Gasteiger partial charge on any atom is -0.258 e. The Bertz CT molecular complexity index is 569. The van der Waals surface area contributed by atoms with E-state index in [1.54, 1.807) is 6.20 Å². The first-order valence-electron chi connectivity index (χ1n) is 4.86. The van der Waals surface area contributed by atoms with Crippen LogP contribution < -0.4 is 0 Å². The van der Waals surface area contributed by atoms with E-state index in [2.05, 4.69) is 10.1 Å². The Labute approximate surface area is 106 Å². The molecule has 0 unspecified atom stereocenters. The van der Waals surface area contributed by atoms with Gasteiger partial charge in [0.25, 0.3) is 0 Å². The zero-order chi connectivity index (χ0) is 12.4. The van der Waals surface area contributed by atoms with Crippen LogP contribution in [0.4, 0.5) is 5.69 Å². The van der Waals surface area contributed by atoms with Crippen LogP contribution in [0.25, 0.3) is 5.65 Å². The highest BCUT2D eigenvalue weighted by Gasteiger charge is 2.17. The van der Waals surface area contributed by atoms with Gasteiger partial charge in [0, 0.05) is 17.6 Å². The first kappa shape index (κ1) is 12.1. The summed E-state index contributed by atoms with van der Waals surface area (Å²) >= 11 is 11.5. The van der Waals surface area contributed by atoms with Crippen LogP contribution in [-0.2, 0) is 6.42 Å². The zero-order valence-corrected chi connectivity index (χ0v) is 10.1. The molecule has 0 amide bonds. The fourth-order valence-electron chi connectivity index (χ4n) is 1.47. The maximum Gasteiger partial charge on any atom is 0.333 e. The molecule has 6 nitrogen and oxygen atoms in total. The van der Waals surface area contributed by atoms with Crippen LogP contribution in [0.3, 0.4) is 0 Å². The summed E-state index contributed by atoms with van der Waals surface area (Å²) in [4.78, 5) is 14.1. The monoisotopic (exact) mass is 274 g/mol.